The molecule has 86 valence electrons. The second kappa shape index (κ2) is 6.52. The average molecular weight is 221 g/mol. The van der Waals surface area contributed by atoms with Crippen molar-refractivity contribution in [3.63, 3.8) is 0 Å². The molecule has 4 nitrogen and oxygen atoms in total. The van der Waals surface area contributed by atoms with E-state index >= 15 is 0 Å². The van der Waals surface area contributed by atoms with Crippen molar-refractivity contribution in [2.45, 2.75) is 32.2 Å². The van der Waals surface area contributed by atoms with Crippen molar-refractivity contribution in [2.75, 3.05) is 20.8 Å². The molecule has 0 spiro atoms. The number of methoxy groups -OCH3 is 2. The molecule has 2 atom stereocenters. The van der Waals surface area contributed by atoms with Crippen LogP contribution in [-0.4, -0.2) is 43.1 Å². The summed E-state index contributed by atoms with van der Waals surface area (Å²) in [4.78, 5) is 0. The van der Waals surface area contributed by atoms with Crippen molar-refractivity contribution < 1.29 is 13.9 Å². The van der Waals surface area contributed by atoms with Crippen molar-refractivity contribution in [2.24, 2.45) is 11.7 Å². The van der Waals surface area contributed by atoms with Crippen molar-refractivity contribution in [3.8, 4) is 0 Å². The molecule has 0 saturated carbocycles. The molecule has 2 N–H and O–H groups in total. The minimum absolute atomic E-state index is 0.0573. The van der Waals surface area contributed by atoms with Gasteiger partial charge in [-0.05, 0) is 19.4 Å². The van der Waals surface area contributed by atoms with Gasteiger partial charge < -0.3 is 19.6 Å². The first kappa shape index (κ1) is 14.1. The number of rotatable bonds is 7. The predicted octanol–water partition coefficient (Wildman–Crippen LogP) is -0.354. The maximum Gasteiger partial charge on any atom is 0.192 e. The van der Waals surface area contributed by atoms with Crippen LogP contribution in [0.25, 0.3) is 0 Å². The van der Waals surface area contributed by atoms with Crippen molar-refractivity contribution in [1.29, 1.82) is 0 Å². The highest BCUT2D eigenvalue weighted by molar-refractivity contribution is 5.98. The Kier molecular flexibility index (Phi) is 6.55. The van der Waals surface area contributed by atoms with Crippen LogP contribution in [0, 0.1) is 5.92 Å². The van der Waals surface area contributed by atoms with Crippen LogP contribution in [0.15, 0.2) is 0 Å². The molecule has 2 unspecified atom stereocenters. The van der Waals surface area contributed by atoms with Gasteiger partial charge in [-0.1, -0.05) is 6.92 Å². The van der Waals surface area contributed by atoms with Gasteiger partial charge in [-0.2, -0.15) is 0 Å². The molecule has 0 radical (unpaired) electrons. The lowest BCUT2D eigenvalue weighted by Gasteiger charge is -2.37. The minimum Gasteiger partial charge on any atom is -0.420 e. The fourth-order valence-electron chi connectivity index (χ4n) is 1.50. The van der Waals surface area contributed by atoms with Crippen molar-refractivity contribution in [3.05, 3.63) is 0 Å². The summed E-state index contributed by atoms with van der Waals surface area (Å²) in [7, 11) is 3.96. The topological polar surface area (TPSA) is 53.7 Å². The van der Waals surface area contributed by atoms with Gasteiger partial charge in [0.1, 0.15) is 10.5 Å². The predicted molar refractivity (Wildman–Crippen MR) is 60.1 cm³/mol. The van der Waals surface area contributed by atoms with E-state index in [1.165, 1.54) is 0 Å². The fraction of sp³-hybridized carbons (Fsp3) is 1.00. The van der Waals surface area contributed by atoms with E-state index in [1.807, 2.05) is 6.92 Å². The first-order chi connectivity index (χ1) is 6.56. The third kappa shape index (κ3) is 3.32. The highest BCUT2D eigenvalue weighted by atomic mass is 28.2. The van der Waals surface area contributed by atoms with E-state index in [2.05, 4.69) is 6.92 Å². The van der Waals surface area contributed by atoms with Gasteiger partial charge in [-0.15, -0.1) is 0 Å². The van der Waals surface area contributed by atoms with Crippen LogP contribution in [0.1, 0.15) is 20.3 Å². The zero-order chi connectivity index (χ0) is 11.2. The molecule has 0 aliphatic rings. The van der Waals surface area contributed by atoms with Gasteiger partial charge in [0.2, 0.25) is 0 Å². The molecule has 0 saturated heterocycles. The fourth-order valence-corrected chi connectivity index (χ4v) is 1.86. The summed E-state index contributed by atoms with van der Waals surface area (Å²) in [5.74, 6) is -0.297. The summed E-state index contributed by atoms with van der Waals surface area (Å²) in [6.45, 7) is 4.66. The van der Waals surface area contributed by atoms with Crippen LogP contribution < -0.4 is 5.73 Å². The molecule has 0 aliphatic heterocycles. The Hall–Kier alpha value is 0.0569. The molecular weight excluding hydrogens is 198 g/mol. The van der Waals surface area contributed by atoms with Crippen LogP contribution in [0.5, 0.6) is 0 Å². The molecule has 0 amide bonds. The SMILES string of the molecule is COC(CC(C)CN)(OC)C(C)O[SiH3]. The molecule has 0 rings (SSSR count). The summed E-state index contributed by atoms with van der Waals surface area (Å²) >= 11 is 0. The van der Waals surface area contributed by atoms with Crippen LogP contribution in [0.4, 0.5) is 0 Å². The van der Waals surface area contributed by atoms with Gasteiger partial charge in [0.05, 0.1) is 6.10 Å². The number of nitrogens with two attached hydrogens (primary N) is 1. The molecule has 5 heteroatoms. The van der Waals surface area contributed by atoms with Crippen molar-refractivity contribution in [1.82, 2.24) is 0 Å². The molecule has 0 aromatic rings. The molecule has 14 heavy (non-hydrogen) atoms. The van der Waals surface area contributed by atoms with Crippen LogP contribution in [0.3, 0.4) is 0 Å². The molecule has 0 heterocycles. The number of ether oxygens (including phenoxy) is 2. The minimum atomic E-state index is -0.652. The maximum atomic E-state index is 5.59. The van der Waals surface area contributed by atoms with E-state index in [9.17, 15) is 0 Å². The molecule has 0 aliphatic carbocycles. The lowest BCUT2D eigenvalue weighted by molar-refractivity contribution is -0.256. The summed E-state index contributed by atoms with van der Waals surface area (Å²) in [6.07, 6.45) is 0.693. The number of hydrogen-bond donors (Lipinski definition) is 1. The van der Waals surface area contributed by atoms with Crippen molar-refractivity contribution >= 4 is 10.5 Å². The largest absolute Gasteiger partial charge is 0.420 e. The quantitative estimate of drug-likeness (QED) is 0.471. The highest BCUT2D eigenvalue weighted by Crippen LogP contribution is 2.26. The lowest BCUT2D eigenvalue weighted by atomic mass is 9.97. The Bertz CT molecular complexity index is 153. The molecule has 0 bridgehead atoms. The summed E-state index contributed by atoms with van der Waals surface area (Å²) in [5.41, 5.74) is 5.59. The van der Waals surface area contributed by atoms with Gasteiger partial charge in [0.15, 0.2) is 5.79 Å². The van der Waals surface area contributed by atoms with Crippen LogP contribution in [-0.2, 0) is 13.9 Å². The first-order valence-electron chi connectivity index (χ1n) is 4.89. The average Bonchev–Trinajstić information content (AvgIpc) is 2.24. The van der Waals surface area contributed by atoms with E-state index in [4.69, 9.17) is 19.6 Å². The summed E-state index contributed by atoms with van der Waals surface area (Å²) in [6, 6.07) is 0. The normalized spacial score (nSPS) is 16.9. The van der Waals surface area contributed by atoms with Crippen LogP contribution in [0.2, 0.25) is 0 Å². The van der Waals surface area contributed by atoms with E-state index in [-0.39, 0.29) is 6.10 Å². The maximum absolute atomic E-state index is 5.59. The highest BCUT2D eigenvalue weighted by Gasteiger charge is 2.37. The van der Waals surface area contributed by atoms with E-state index < -0.39 is 5.79 Å². The summed E-state index contributed by atoms with van der Waals surface area (Å²) < 4.78 is 16.3. The zero-order valence-corrected chi connectivity index (χ0v) is 11.9. The van der Waals surface area contributed by atoms with Gasteiger partial charge in [-0.25, -0.2) is 0 Å². The standard InChI is InChI=1S/C9H23NO3Si/c1-7(6-10)5-9(11-3,12-4)8(2)13-14/h7-8H,5-6,10H2,1-4,14H3. The second-order valence-electron chi connectivity index (χ2n) is 3.64. The Morgan fingerprint density at radius 2 is 1.79 bits per heavy atom. The second-order valence-corrected chi connectivity index (χ2v) is 4.11. The van der Waals surface area contributed by atoms with Crippen LogP contribution >= 0.6 is 0 Å². The number of hydrogen-bond acceptors (Lipinski definition) is 4. The monoisotopic (exact) mass is 221 g/mol. The van der Waals surface area contributed by atoms with Gasteiger partial charge in [-0.3, -0.25) is 0 Å². The zero-order valence-electron chi connectivity index (χ0n) is 9.87. The lowest BCUT2D eigenvalue weighted by Crippen LogP contribution is -2.47. The Labute approximate surface area is 89.6 Å². The first-order valence-corrected chi connectivity index (χ1v) is 5.71. The Morgan fingerprint density at radius 1 is 1.29 bits per heavy atom. The van der Waals surface area contributed by atoms with Gasteiger partial charge >= 0.3 is 0 Å². The van der Waals surface area contributed by atoms with E-state index in [1.54, 1.807) is 14.2 Å². The molecule has 0 aromatic heterocycles. The molecule has 0 aromatic carbocycles. The van der Waals surface area contributed by atoms with E-state index in [0.717, 1.165) is 6.42 Å². The Balaban J connectivity index is 4.52. The smallest absolute Gasteiger partial charge is 0.192 e. The third-order valence-electron chi connectivity index (χ3n) is 2.70. The van der Waals surface area contributed by atoms with Gasteiger partial charge in [0, 0.05) is 20.6 Å². The third-order valence-corrected chi connectivity index (χ3v) is 3.41. The van der Waals surface area contributed by atoms with Gasteiger partial charge in [0.25, 0.3) is 0 Å². The summed E-state index contributed by atoms with van der Waals surface area (Å²) in [5, 5.41) is 0. The Morgan fingerprint density at radius 3 is 2.07 bits per heavy atom. The van der Waals surface area contributed by atoms with E-state index in [0.29, 0.717) is 22.9 Å². The molecular formula is C9H23NO3Si. The molecule has 0 fully saturated rings.